The molecule has 5 fully saturated rings. The van der Waals surface area contributed by atoms with Crippen LogP contribution in [0.15, 0.2) is 0 Å². The summed E-state index contributed by atoms with van der Waals surface area (Å²) in [6, 6.07) is 0. The fraction of sp³-hybridized carbons (Fsp3) is 0.969. The molecule has 0 aromatic rings. The second-order valence-electron chi connectivity index (χ2n) is 16.1. The standard InChI is InChI=1S/C32H54O4/c1-20(33)36-19-32-17-15-27(2,3)26(35)25(32)21-9-10-23-29(6)13-12-24(34)28(4,5)22(29)11-14-31(23,8)30(21,7)16-18-32/h21-26,34-35H,9-19H2,1-8H3/t21-,22+,23-,24+,25+,26-,29+,30-,31-,32-/m1/s1. The molecule has 5 aliphatic rings. The van der Waals surface area contributed by atoms with Crippen molar-refractivity contribution in [3.63, 3.8) is 0 Å². The van der Waals surface area contributed by atoms with Crippen LogP contribution in [-0.2, 0) is 9.53 Å². The molecular weight excluding hydrogens is 448 g/mol. The zero-order chi connectivity index (χ0) is 26.5. The Balaban J connectivity index is 1.54. The van der Waals surface area contributed by atoms with Gasteiger partial charge < -0.3 is 14.9 Å². The van der Waals surface area contributed by atoms with Crippen molar-refractivity contribution in [2.24, 2.45) is 56.2 Å². The highest BCUT2D eigenvalue weighted by Crippen LogP contribution is 2.77. The van der Waals surface area contributed by atoms with Crippen LogP contribution in [0.5, 0.6) is 0 Å². The van der Waals surface area contributed by atoms with Crippen LogP contribution in [-0.4, -0.2) is 35.0 Å². The third-order valence-electron chi connectivity index (χ3n) is 14.2. The van der Waals surface area contributed by atoms with Crippen LogP contribution >= 0.6 is 0 Å². The van der Waals surface area contributed by atoms with Gasteiger partial charge in [0.1, 0.15) is 0 Å². The lowest BCUT2D eigenvalue weighted by molar-refractivity contribution is -0.273. The molecular formula is C32H54O4. The Morgan fingerprint density at radius 2 is 1.44 bits per heavy atom. The van der Waals surface area contributed by atoms with E-state index >= 15 is 0 Å². The van der Waals surface area contributed by atoms with E-state index in [-0.39, 0.29) is 56.6 Å². The number of carbonyl (C=O) groups is 1. The zero-order valence-corrected chi connectivity index (χ0v) is 24.5. The van der Waals surface area contributed by atoms with Gasteiger partial charge in [-0.25, -0.2) is 0 Å². The fourth-order valence-corrected chi connectivity index (χ4v) is 11.6. The zero-order valence-electron chi connectivity index (χ0n) is 24.5. The van der Waals surface area contributed by atoms with E-state index in [1.54, 1.807) is 0 Å². The second kappa shape index (κ2) is 8.20. The summed E-state index contributed by atoms with van der Waals surface area (Å²) in [5.41, 5.74) is 0.443. The topological polar surface area (TPSA) is 66.8 Å². The van der Waals surface area contributed by atoms with Crippen LogP contribution in [0.4, 0.5) is 0 Å². The van der Waals surface area contributed by atoms with E-state index in [0.29, 0.717) is 24.4 Å². The summed E-state index contributed by atoms with van der Waals surface area (Å²) in [5.74, 6) is 1.68. The maximum absolute atomic E-state index is 12.0. The molecule has 5 saturated carbocycles. The first-order valence-corrected chi connectivity index (χ1v) is 15.0. The van der Waals surface area contributed by atoms with Crippen LogP contribution in [0, 0.1) is 56.2 Å². The second-order valence-corrected chi connectivity index (χ2v) is 16.1. The highest BCUT2D eigenvalue weighted by molar-refractivity contribution is 5.65. The minimum Gasteiger partial charge on any atom is -0.465 e. The van der Waals surface area contributed by atoms with Gasteiger partial charge in [0.2, 0.25) is 0 Å². The van der Waals surface area contributed by atoms with Crippen molar-refractivity contribution in [3.8, 4) is 0 Å². The summed E-state index contributed by atoms with van der Waals surface area (Å²) in [7, 11) is 0. The highest BCUT2D eigenvalue weighted by atomic mass is 16.5. The third-order valence-corrected chi connectivity index (χ3v) is 14.2. The van der Waals surface area contributed by atoms with Crippen molar-refractivity contribution in [3.05, 3.63) is 0 Å². The number of aliphatic hydroxyl groups excluding tert-OH is 2. The summed E-state index contributed by atoms with van der Waals surface area (Å²) < 4.78 is 5.75. The Hall–Kier alpha value is -0.610. The van der Waals surface area contributed by atoms with Crippen LogP contribution in [0.2, 0.25) is 0 Å². The van der Waals surface area contributed by atoms with Gasteiger partial charge >= 0.3 is 5.97 Å². The lowest BCUT2D eigenvalue weighted by Gasteiger charge is -2.74. The molecule has 0 aromatic heterocycles. The van der Waals surface area contributed by atoms with Gasteiger partial charge in [-0.05, 0) is 115 Å². The number of aliphatic hydroxyl groups is 2. The number of hydrogen-bond acceptors (Lipinski definition) is 4. The molecule has 4 heteroatoms. The molecule has 10 atom stereocenters. The number of ether oxygens (including phenoxy) is 1. The van der Waals surface area contributed by atoms with E-state index in [2.05, 4.69) is 48.5 Å². The molecule has 0 heterocycles. The van der Waals surface area contributed by atoms with Gasteiger partial charge in [-0.15, -0.1) is 0 Å². The van der Waals surface area contributed by atoms with Gasteiger partial charge in [0, 0.05) is 12.3 Å². The number of rotatable bonds is 2. The van der Waals surface area contributed by atoms with Crippen molar-refractivity contribution >= 4 is 5.97 Å². The summed E-state index contributed by atoms with van der Waals surface area (Å²) >= 11 is 0. The molecule has 4 nitrogen and oxygen atoms in total. The maximum Gasteiger partial charge on any atom is 0.302 e. The van der Waals surface area contributed by atoms with E-state index in [9.17, 15) is 15.0 Å². The van der Waals surface area contributed by atoms with E-state index in [1.807, 2.05) is 0 Å². The molecule has 0 unspecified atom stereocenters. The average molecular weight is 503 g/mol. The van der Waals surface area contributed by atoms with Crippen LogP contribution in [0.1, 0.15) is 120 Å². The Bertz CT molecular complexity index is 895. The summed E-state index contributed by atoms with van der Waals surface area (Å²) in [6.07, 6.45) is 10.6. The van der Waals surface area contributed by atoms with Crippen LogP contribution < -0.4 is 0 Å². The maximum atomic E-state index is 12.0. The van der Waals surface area contributed by atoms with E-state index in [0.717, 1.165) is 32.1 Å². The van der Waals surface area contributed by atoms with Gasteiger partial charge in [-0.2, -0.15) is 0 Å². The first-order chi connectivity index (χ1) is 16.6. The molecule has 206 valence electrons. The van der Waals surface area contributed by atoms with Crippen molar-refractivity contribution in [2.75, 3.05) is 6.61 Å². The predicted molar refractivity (Wildman–Crippen MR) is 143 cm³/mol. The normalized spacial score (nSPS) is 53.3. The SMILES string of the molecule is CC(=O)OC[C@]12CCC(C)(C)[C@H](O)[C@@H]1[C@H]1CC[C@@H]3[C@@]4(C)CC[C@H](O)C(C)(C)[C@@H]4CC[C@@]3(C)[C@]1(C)CC2. The highest BCUT2D eigenvalue weighted by Gasteiger charge is 2.71. The summed E-state index contributed by atoms with van der Waals surface area (Å²) in [5, 5.41) is 22.9. The van der Waals surface area contributed by atoms with Gasteiger partial charge in [0.15, 0.2) is 0 Å². The van der Waals surface area contributed by atoms with Crippen LogP contribution in [0.3, 0.4) is 0 Å². The molecule has 0 radical (unpaired) electrons. The van der Waals surface area contributed by atoms with E-state index in [1.165, 1.54) is 39.0 Å². The molecule has 0 saturated heterocycles. The van der Waals surface area contributed by atoms with E-state index in [4.69, 9.17) is 4.74 Å². The van der Waals surface area contributed by atoms with Crippen molar-refractivity contribution < 1.29 is 19.7 Å². The Kier molecular flexibility index (Phi) is 6.14. The monoisotopic (exact) mass is 502 g/mol. The minimum atomic E-state index is -0.359. The van der Waals surface area contributed by atoms with Gasteiger partial charge in [0.05, 0.1) is 18.8 Å². The Morgan fingerprint density at radius 1 is 0.778 bits per heavy atom. The number of hydrogen-bond donors (Lipinski definition) is 2. The summed E-state index contributed by atoms with van der Waals surface area (Å²) in [4.78, 5) is 11.9. The van der Waals surface area contributed by atoms with Gasteiger partial charge in [0.25, 0.3) is 0 Å². The van der Waals surface area contributed by atoms with Gasteiger partial charge in [-0.3, -0.25) is 4.79 Å². The van der Waals surface area contributed by atoms with Crippen LogP contribution in [0.25, 0.3) is 0 Å². The van der Waals surface area contributed by atoms with Crippen molar-refractivity contribution in [1.29, 1.82) is 0 Å². The lowest BCUT2D eigenvalue weighted by Crippen LogP contribution is -2.69. The lowest BCUT2D eigenvalue weighted by atomic mass is 9.31. The minimum absolute atomic E-state index is 0.0264. The van der Waals surface area contributed by atoms with Gasteiger partial charge in [-0.1, -0.05) is 48.5 Å². The molecule has 5 aliphatic carbocycles. The first kappa shape index (κ1) is 27.0. The fourth-order valence-electron chi connectivity index (χ4n) is 11.6. The molecule has 5 rings (SSSR count). The van der Waals surface area contributed by atoms with Crippen molar-refractivity contribution in [2.45, 2.75) is 132 Å². The molecule has 0 amide bonds. The largest absolute Gasteiger partial charge is 0.465 e. The molecule has 0 spiro atoms. The van der Waals surface area contributed by atoms with E-state index < -0.39 is 0 Å². The molecule has 0 aliphatic heterocycles. The Morgan fingerprint density at radius 3 is 2.11 bits per heavy atom. The first-order valence-electron chi connectivity index (χ1n) is 15.0. The third kappa shape index (κ3) is 3.41. The predicted octanol–water partition coefficient (Wildman–Crippen LogP) is 6.76. The number of fused-ring (bicyclic) bond motifs is 7. The molecule has 36 heavy (non-hydrogen) atoms. The Labute approximate surface area is 220 Å². The summed E-state index contributed by atoms with van der Waals surface area (Å²) in [6.45, 7) is 18.9. The van der Waals surface area contributed by atoms with Crippen molar-refractivity contribution in [1.82, 2.24) is 0 Å². The smallest absolute Gasteiger partial charge is 0.302 e. The molecule has 2 N–H and O–H groups in total. The quantitative estimate of drug-likeness (QED) is 0.409. The number of esters is 1. The molecule has 0 bridgehead atoms. The molecule has 0 aromatic carbocycles. The number of carbonyl (C=O) groups excluding carboxylic acids is 1. The average Bonchev–Trinajstić information content (AvgIpc) is 2.79.